The van der Waals surface area contributed by atoms with Crippen LogP contribution in [0.25, 0.3) is 11.0 Å². The van der Waals surface area contributed by atoms with Crippen molar-refractivity contribution < 1.29 is 13.9 Å². The minimum absolute atomic E-state index is 0.169. The Hall–Kier alpha value is -2.31. The van der Waals surface area contributed by atoms with E-state index in [2.05, 4.69) is 10.3 Å². The standard InChI is InChI=1S/C21H22FIN4O4/c1-11-17(25-15-6-5-12(23)7-14(15)22)16-18(26(4)19(11)28)24-10-27(20(16)29)8-13-9-30-21(2,3)31-13/h5-7,10,13,25H,8-9H2,1-4H3/t13-/m1/s1. The molecule has 2 aromatic heterocycles. The summed E-state index contributed by atoms with van der Waals surface area (Å²) in [5, 5.41) is 3.16. The highest BCUT2D eigenvalue weighted by Crippen LogP contribution is 2.27. The number of aryl methyl sites for hydroxylation is 1. The molecule has 8 nitrogen and oxygen atoms in total. The number of rotatable bonds is 4. The third-order valence-corrected chi connectivity index (χ3v) is 5.92. The molecule has 3 heterocycles. The SMILES string of the molecule is Cc1c(Nc2ccc(I)cc2F)c2c(=O)n(C[C@@H]3COC(C)(C)O3)cnc2n(C)c1=O. The molecule has 1 saturated heterocycles. The lowest BCUT2D eigenvalue weighted by atomic mass is 10.1. The maximum absolute atomic E-state index is 14.5. The molecule has 0 amide bonds. The first-order valence-electron chi connectivity index (χ1n) is 9.70. The molecule has 0 unspecified atom stereocenters. The molecule has 0 spiro atoms. The minimum Gasteiger partial charge on any atom is -0.352 e. The summed E-state index contributed by atoms with van der Waals surface area (Å²) >= 11 is 2.01. The van der Waals surface area contributed by atoms with Crippen LogP contribution in [0, 0.1) is 16.3 Å². The number of halogens is 2. The van der Waals surface area contributed by atoms with Crippen molar-refractivity contribution in [3.63, 3.8) is 0 Å². The molecule has 1 aromatic carbocycles. The summed E-state index contributed by atoms with van der Waals surface area (Å²) in [4.78, 5) is 30.5. The van der Waals surface area contributed by atoms with Crippen LogP contribution in [0.2, 0.25) is 0 Å². The Morgan fingerprint density at radius 1 is 1.32 bits per heavy atom. The zero-order valence-corrected chi connectivity index (χ0v) is 19.7. The quantitative estimate of drug-likeness (QED) is 0.513. The van der Waals surface area contributed by atoms with E-state index < -0.39 is 11.6 Å². The van der Waals surface area contributed by atoms with Gasteiger partial charge in [0.25, 0.3) is 11.1 Å². The highest BCUT2D eigenvalue weighted by Gasteiger charge is 2.33. The van der Waals surface area contributed by atoms with E-state index in [1.165, 1.54) is 21.5 Å². The van der Waals surface area contributed by atoms with Gasteiger partial charge in [0, 0.05) is 16.2 Å². The highest BCUT2D eigenvalue weighted by molar-refractivity contribution is 14.1. The number of nitrogens with zero attached hydrogens (tertiary/aromatic N) is 3. The summed E-state index contributed by atoms with van der Waals surface area (Å²) in [6, 6.07) is 4.68. The Morgan fingerprint density at radius 2 is 2.06 bits per heavy atom. The molecule has 0 aliphatic carbocycles. The molecule has 4 rings (SSSR count). The Bertz CT molecular complexity index is 1300. The molecule has 10 heteroatoms. The Morgan fingerprint density at radius 3 is 2.71 bits per heavy atom. The van der Waals surface area contributed by atoms with Crippen molar-refractivity contribution >= 4 is 45.0 Å². The van der Waals surface area contributed by atoms with Gasteiger partial charge in [-0.3, -0.25) is 18.7 Å². The number of pyridine rings is 1. The molecule has 1 fully saturated rings. The molecule has 0 radical (unpaired) electrons. The molecule has 1 N–H and O–H groups in total. The minimum atomic E-state index is -0.714. The van der Waals surface area contributed by atoms with Gasteiger partial charge >= 0.3 is 0 Å². The summed E-state index contributed by atoms with van der Waals surface area (Å²) in [7, 11) is 1.56. The fraction of sp³-hybridized carbons (Fsp3) is 0.381. The summed E-state index contributed by atoms with van der Waals surface area (Å²) in [6.07, 6.45) is 1.08. The average Bonchev–Trinajstić information content (AvgIpc) is 3.05. The third-order valence-electron chi connectivity index (χ3n) is 5.24. The van der Waals surface area contributed by atoms with Crippen molar-refractivity contribution in [3.8, 4) is 0 Å². The van der Waals surface area contributed by atoms with Crippen LogP contribution >= 0.6 is 22.6 Å². The van der Waals surface area contributed by atoms with Gasteiger partial charge in [-0.15, -0.1) is 0 Å². The second kappa shape index (κ2) is 7.99. The molecule has 1 aliphatic heterocycles. The summed E-state index contributed by atoms with van der Waals surface area (Å²) in [6.45, 7) is 5.81. The van der Waals surface area contributed by atoms with Gasteiger partial charge in [-0.05, 0) is 61.6 Å². The van der Waals surface area contributed by atoms with Crippen molar-refractivity contribution in [3.05, 3.63) is 60.2 Å². The number of nitrogens with one attached hydrogen (secondary N) is 1. The van der Waals surface area contributed by atoms with Crippen LogP contribution in [0.3, 0.4) is 0 Å². The lowest BCUT2D eigenvalue weighted by Gasteiger charge is -2.19. The summed E-state index contributed by atoms with van der Waals surface area (Å²) in [5.41, 5.74) is 0.252. The fourth-order valence-electron chi connectivity index (χ4n) is 3.68. The lowest BCUT2D eigenvalue weighted by molar-refractivity contribution is -0.139. The van der Waals surface area contributed by atoms with E-state index in [-0.39, 0.29) is 46.2 Å². The van der Waals surface area contributed by atoms with Gasteiger partial charge in [-0.2, -0.15) is 0 Å². The number of ether oxygens (including phenoxy) is 2. The van der Waals surface area contributed by atoms with E-state index in [9.17, 15) is 14.0 Å². The molecule has 1 atom stereocenters. The number of aromatic nitrogens is 3. The van der Waals surface area contributed by atoms with Crippen LogP contribution in [0.5, 0.6) is 0 Å². The largest absolute Gasteiger partial charge is 0.352 e. The highest BCUT2D eigenvalue weighted by atomic mass is 127. The van der Waals surface area contributed by atoms with Crippen molar-refractivity contribution in [1.29, 1.82) is 0 Å². The monoisotopic (exact) mass is 540 g/mol. The summed E-state index contributed by atoms with van der Waals surface area (Å²) < 4.78 is 29.4. The van der Waals surface area contributed by atoms with Crippen LogP contribution in [0.4, 0.5) is 15.8 Å². The van der Waals surface area contributed by atoms with Gasteiger partial charge in [-0.1, -0.05) is 0 Å². The van der Waals surface area contributed by atoms with Gasteiger partial charge in [0.2, 0.25) is 0 Å². The van der Waals surface area contributed by atoms with Crippen molar-refractivity contribution in [2.24, 2.45) is 7.05 Å². The molecule has 1 aliphatic rings. The van der Waals surface area contributed by atoms with Crippen molar-refractivity contribution in [1.82, 2.24) is 14.1 Å². The molecule has 0 bridgehead atoms. The molecular weight excluding hydrogens is 518 g/mol. The number of hydrogen-bond donors (Lipinski definition) is 1. The van der Waals surface area contributed by atoms with Gasteiger partial charge < -0.3 is 14.8 Å². The lowest BCUT2D eigenvalue weighted by Crippen LogP contribution is -2.32. The van der Waals surface area contributed by atoms with E-state index >= 15 is 0 Å². The zero-order valence-electron chi connectivity index (χ0n) is 17.5. The van der Waals surface area contributed by atoms with Crippen molar-refractivity contribution in [2.45, 2.75) is 39.2 Å². The molecule has 0 saturated carbocycles. The van der Waals surface area contributed by atoms with Gasteiger partial charge in [0.05, 0.1) is 24.5 Å². The molecular formula is C21H22FIN4O4. The second-order valence-corrected chi connectivity index (χ2v) is 9.21. The van der Waals surface area contributed by atoms with Gasteiger partial charge in [0.15, 0.2) is 11.4 Å². The Labute approximate surface area is 191 Å². The first-order valence-corrected chi connectivity index (χ1v) is 10.8. The fourth-order valence-corrected chi connectivity index (χ4v) is 4.13. The van der Waals surface area contributed by atoms with Crippen molar-refractivity contribution in [2.75, 3.05) is 11.9 Å². The molecule has 31 heavy (non-hydrogen) atoms. The van der Waals surface area contributed by atoms with Gasteiger partial charge in [-0.25, -0.2) is 9.37 Å². The normalized spacial score (nSPS) is 17.9. The predicted octanol–water partition coefficient (Wildman–Crippen LogP) is 3.04. The topological polar surface area (TPSA) is 87.4 Å². The molecule has 164 valence electrons. The van der Waals surface area contributed by atoms with E-state index in [0.29, 0.717) is 12.2 Å². The van der Waals surface area contributed by atoms with Gasteiger partial charge in [0.1, 0.15) is 23.6 Å². The Balaban J connectivity index is 1.86. The average molecular weight is 540 g/mol. The van der Waals surface area contributed by atoms with Crippen LogP contribution in [0.15, 0.2) is 34.1 Å². The maximum Gasteiger partial charge on any atom is 0.264 e. The number of anilines is 2. The summed E-state index contributed by atoms with van der Waals surface area (Å²) in [5.74, 6) is -1.20. The van der Waals surface area contributed by atoms with Crippen LogP contribution in [-0.2, 0) is 23.1 Å². The van der Waals surface area contributed by atoms with E-state index in [1.54, 1.807) is 26.1 Å². The first kappa shape index (κ1) is 21.9. The number of hydrogen-bond acceptors (Lipinski definition) is 6. The third kappa shape index (κ3) is 4.11. The second-order valence-electron chi connectivity index (χ2n) is 7.96. The van der Waals surface area contributed by atoms with Crippen LogP contribution < -0.4 is 16.4 Å². The number of fused-ring (bicyclic) bond motifs is 1. The number of benzene rings is 1. The van der Waals surface area contributed by atoms with E-state index in [0.717, 1.165) is 3.57 Å². The maximum atomic E-state index is 14.5. The van der Waals surface area contributed by atoms with Crippen LogP contribution in [0.1, 0.15) is 19.4 Å². The van der Waals surface area contributed by atoms with Crippen LogP contribution in [-0.4, -0.2) is 32.6 Å². The van der Waals surface area contributed by atoms with E-state index in [4.69, 9.17) is 9.47 Å². The van der Waals surface area contributed by atoms with E-state index in [1.807, 2.05) is 36.4 Å². The first-order chi connectivity index (χ1) is 14.6. The zero-order chi connectivity index (χ0) is 22.5. The molecule has 3 aromatic rings. The predicted molar refractivity (Wildman–Crippen MR) is 123 cm³/mol. The Kier molecular flexibility index (Phi) is 5.64. The smallest absolute Gasteiger partial charge is 0.264 e.